The Morgan fingerprint density at radius 1 is 0.964 bits per heavy atom. The van der Waals surface area contributed by atoms with Crippen molar-refractivity contribution in [1.82, 2.24) is 0 Å². The summed E-state index contributed by atoms with van der Waals surface area (Å²) in [5, 5.41) is 0. The van der Waals surface area contributed by atoms with Crippen molar-refractivity contribution in [3.05, 3.63) is 94.8 Å². The number of fused-ring (bicyclic) bond motifs is 1. The van der Waals surface area contributed by atoms with Crippen molar-refractivity contribution >= 4 is 16.8 Å². The highest BCUT2D eigenvalue weighted by atomic mass is 19.1. The number of rotatable bonds is 4. The number of nitrogen functional groups attached to an aromatic ring is 1. The molecule has 4 rings (SSSR count). The highest BCUT2D eigenvalue weighted by Gasteiger charge is 2.29. The fourth-order valence-corrected chi connectivity index (χ4v) is 3.85. The molecule has 1 aliphatic rings. The normalized spacial score (nSPS) is 15.9. The van der Waals surface area contributed by atoms with Gasteiger partial charge in [0.05, 0.1) is 0 Å². The average Bonchev–Trinajstić information content (AvgIpc) is 2.69. The number of nitrogens with two attached hydrogens (primary N) is 1. The van der Waals surface area contributed by atoms with E-state index in [9.17, 15) is 4.39 Å². The third kappa shape index (κ3) is 3.40. The fraction of sp³-hybridized carbons (Fsp3) is 0.200. The number of anilines is 1. The minimum atomic E-state index is -0.268. The van der Waals surface area contributed by atoms with Crippen LogP contribution in [0.2, 0.25) is 0 Å². The van der Waals surface area contributed by atoms with Gasteiger partial charge in [0.2, 0.25) is 0 Å². The lowest BCUT2D eigenvalue weighted by Crippen LogP contribution is -2.16. The van der Waals surface area contributed by atoms with Crippen LogP contribution < -0.4 is 10.5 Å². The second-order valence-corrected chi connectivity index (χ2v) is 7.29. The molecule has 1 atom stereocenters. The summed E-state index contributed by atoms with van der Waals surface area (Å²) in [5.74, 6) is 0.540. The molecule has 0 aliphatic carbocycles. The van der Waals surface area contributed by atoms with Crippen molar-refractivity contribution in [3.8, 4) is 5.75 Å². The van der Waals surface area contributed by atoms with Crippen LogP contribution in [0.5, 0.6) is 5.75 Å². The molecular weight excluding hydrogens is 349 g/mol. The number of hydrogen-bond donors (Lipinski definition) is 1. The number of hydrogen-bond acceptors (Lipinski definition) is 2. The van der Waals surface area contributed by atoms with Crippen LogP contribution in [-0.2, 0) is 6.42 Å². The zero-order valence-corrected chi connectivity index (χ0v) is 16.2. The van der Waals surface area contributed by atoms with Gasteiger partial charge in [-0.05, 0) is 59.9 Å². The quantitative estimate of drug-likeness (QED) is 0.535. The van der Waals surface area contributed by atoms with Gasteiger partial charge in [-0.15, -0.1) is 0 Å². The summed E-state index contributed by atoms with van der Waals surface area (Å²) in [6, 6.07) is 21.0. The molecule has 2 nitrogen and oxygen atoms in total. The van der Waals surface area contributed by atoms with Gasteiger partial charge in [0.15, 0.2) is 0 Å². The maximum absolute atomic E-state index is 13.5. The van der Waals surface area contributed by atoms with E-state index in [-0.39, 0.29) is 11.9 Å². The molecule has 3 heteroatoms. The van der Waals surface area contributed by atoms with Gasteiger partial charge in [0.25, 0.3) is 0 Å². The van der Waals surface area contributed by atoms with Crippen LogP contribution in [0.4, 0.5) is 10.1 Å². The summed E-state index contributed by atoms with van der Waals surface area (Å²) in [7, 11) is 0. The molecule has 0 radical (unpaired) electrons. The third-order valence-electron chi connectivity index (χ3n) is 5.30. The predicted octanol–water partition coefficient (Wildman–Crippen LogP) is 6.42. The van der Waals surface area contributed by atoms with E-state index in [0.29, 0.717) is 5.69 Å². The van der Waals surface area contributed by atoms with Gasteiger partial charge >= 0.3 is 0 Å². The number of aryl methyl sites for hydroxylation is 1. The number of allylic oxidation sites excluding steroid dienone is 1. The van der Waals surface area contributed by atoms with Crippen LogP contribution in [0.25, 0.3) is 11.1 Å². The third-order valence-corrected chi connectivity index (χ3v) is 5.30. The first-order valence-corrected chi connectivity index (χ1v) is 9.69. The first-order valence-electron chi connectivity index (χ1n) is 9.69. The summed E-state index contributed by atoms with van der Waals surface area (Å²) in [6.07, 6.45) is 1.91. The van der Waals surface area contributed by atoms with Crippen molar-refractivity contribution in [1.29, 1.82) is 0 Å². The van der Waals surface area contributed by atoms with Gasteiger partial charge in [-0.25, -0.2) is 4.39 Å². The van der Waals surface area contributed by atoms with E-state index < -0.39 is 0 Å². The van der Waals surface area contributed by atoms with Crippen LogP contribution >= 0.6 is 0 Å². The van der Waals surface area contributed by atoms with Crippen LogP contribution in [0, 0.1) is 5.82 Å². The first kappa shape index (κ1) is 18.3. The molecule has 3 aromatic carbocycles. The number of ether oxygens (including phenoxy) is 1. The smallest absolute Gasteiger partial charge is 0.150 e. The summed E-state index contributed by atoms with van der Waals surface area (Å²) >= 11 is 0. The van der Waals surface area contributed by atoms with Crippen molar-refractivity contribution in [2.75, 3.05) is 5.73 Å². The Morgan fingerprint density at radius 2 is 1.68 bits per heavy atom. The Kier molecular flexibility index (Phi) is 4.91. The van der Waals surface area contributed by atoms with Gasteiger partial charge in [0.1, 0.15) is 17.7 Å². The zero-order valence-electron chi connectivity index (χ0n) is 16.2. The Hall–Kier alpha value is -3.07. The van der Waals surface area contributed by atoms with E-state index in [1.54, 1.807) is 0 Å². The van der Waals surface area contributed by atoms with Crippen LogP contribution in [-0.4, -0.2) is 0 Å². The molecule has 0 bridgehead atoms. The van der Waals surface area contributed by atoms with Crippen LogP contribution in [0.1, 0.15) is 48.6 Å². The average molecular weight is 373 g/mol. The molecule has 3 aromatic rings. The van der Waals surface area contributed by atoms with Gasteiger partial charge < -0.3 is 10.5 Å². The van der Waals surface area contributed by atoms with Crippen LogP contribution in [0.15, 0.2) is 66.7 Å². The lowest BCUT2D eigenvalue weighted by Gasteiger charge is -2.31. The molecule has 1 aliphatic heterocycles. The zero-order chi connectivity index (χ0) is 19.7. The first-order chi connectivity index (χ1) is 13.6. The second-order valence-electron chi connectivity index (χ2n) is 7.29. The Balaban J connectivity index is 1.85. The highest BCUT2D eigenvalue weighted by molar-refractivity contribution is 5.95. The van der Waals surface area contributed by atoms with Gasteiger partial charge in [-0.3, -0.25) is 0 Å². The van der Waals surface area contributed by atoms with Crippen molar-refractivity contribution in [3.63, 3.8) is 0 Å². The molecule has 142 valence electrons. The SMILES string of the molecule is CCCc1ccc(C2Oc3cc(N)ccc3C(C)=C2c2ccc(F)cc2)cc1. The Bertz CT molecular complexity index is 1020. The molecule has 0 spiro atoms. The van der Waals surface area contributed by atoms with Crippen molar-refractivity contribution in [2.24, 2.45) is 0 Å². The molecule has 0 aromatic heterocycles. The monoisotopic (exact) mass is 373 g/mol. The van der Waals surface area contributed by atoms with E-state index in [4.69, 9.17) is 10.5 Å². The van der Waals surface area contributed by atoms with Gasteiger partial charge in [0, 0.05) is 22.9 Å². The molecule has 0 saturated carbocycles. The lowest BCUT2D eigenvalue weighted by molar-refractivity contribution is 0.260. The molecule has 2 N–H and O–H groups in total. The Morgan fingerprint density at radius 3 is 2.36 bits per heavy atom. The molecule has 0 amide bonds. The minimum Gasteiger partial charge on any atom is -0.480 e. The summed E-state index contributed by atoms with van der Waals surface area (Å²) in [5.41, 5.74) is 13.2. The predicted molar refractivity (Wildman–Crippen MR) is 114 cm³/mol. The van der Waals surface area contributed by atoms with E-state index >= 15 is 0 Å². The molecule has 28 heavy (non-hydrogen) atoms. The molecular formula is C25H24FNO. The lowest BCUT2D eigenvalue weighted by atomic mass is 9.86. The Labute approximate surface area is 165 Å². The van der Waals surface area contributed by atoms with Gasteiger partial charge in [-0.1, -0.05) is 49.7 Å². The maximum atomic E-state index is 13.5. The van der Waals surface area contributed by atoms with E-state index in [1.807, 2.05) is 30.3 Å². The summed E-state index contributed by atoms with van der Waals surface area (Å²) < 4.78 is 19.9. The number of halogens is 1. The van der Waals surface area contributed by atoms with Crippen molar-refractivity contribution < 1.29 is 9.13 Å². The minimum absolute atomic E-state index is 0.243. The summed E-state index contributed by atoms with van der Waals surface area (Å²) in [4.78, 5) is 0. The van der Waals surface area contributed by atoms with E-state index in [1.165, 1.54) is 17.7 Å². The molecule has 1 unspecified atom stereocenters. The maximum Gasteiger partial charge on any atom is 0.150 e. The molecule has 0 fully saturated rings. The largest absolute Gasteiger partial charge is 0.480 e. The van der Waals surface area contributed by atoms with E-state index in [2.05, 4.69) is 38.1 Å². The second kappa shape index (κ2) is 7.51. The topological polar surface area (TPSA) is 35.2 Å². The van der Waals surface area contributed by atoms with Gasteiger partial charge in [-0.2, -0.15) is 0 Å². The fourth-order valence-electron chi connectivity index (χ4n) is 3.85. The molecule has 1 heterocycles. The van der Waals surface area contributed by atoms with E-state index in [0.717, 1.165) is 46.4 Å². The number of benzene rings is 3. The standard InChI is InChI=1S/C25H24FNO/c1-3-4-17-5-7-19(8-6-17)25-24(18-9-11-20(26)12-10-18)16(2)22-14-13-21(27)15-23(22)28-25/h5-15,25H,3-4,27H2,1-2H3. The molecule has 0 saturated heterocycles. The summed E-state index contributed by atoms with van der Waals surface area (Å²) in [6.45, 7) is 4.27. The van der Waals surface area contributed by atoms with Crippen molar-refractivity contribution in [2.45, 2.75) is 32.8 Å². The highest BCUT2D eigenvalue weighted by Crippen LogP contribution is 2.46. The van der Waals surface area contributed by atoms with Crippen LogP contribution in [0.3, 0.4) is 0 Å².